The molecule has 2 aromatic heterocycles. The molecule has 4 rings (SSSR count). The summed E-state index contributed by atoms with van der Waals surface area (Å²) in [5, 5.41) is 5.53. The second kappa shape index (κ2) is 5.96. The van der Waals surface area contributed by atoms with E-state index in [1.807, 2.05) is 30.2 Å². The fourth-order valence-electron chi connectivity index (χ4n) is 3.60. The first-order valence-electron chi connectivity index (χ1n) is 8.00. The normalized spacial score (nSPS) is 16.2. The van der Waals surface area contributed by atoms with Gasteiger partial charge >= 0.3 is 0 Å². The van der Waals surface area contributed by atoms with Gasteiger partial charge in [0.15, 0.2) is 0 Å². The molecule has 0 aliphatic carbocycles. The van der Waals surface area contributed by atoms with Crippen LogP contribution in [-0.2, 0) is 7.05 Å². The number of aromatic nitrogens is 3. The van der Waals surface area contributed by atoms with Gasteiger partial charge in [-0.1, -0.05) is 12.1 Å². The van der Waals surface area contributed by atoms with Gasteiger partial charge in [0.1, 0.15) is 0 Å². The van der Waals surface area contributed by atoms with Crippen LogP contribution in [0.25, 0.3) is 10.9 Å². The molecule has 1 aliphatic heterocycles. The van der Waals surface area contributed by atoms with E-state index in [2.05, 4.69) is 55.2 Å². The summed E-state index contributed by atoms with van der Waals surface area (Å²) in [5.41, 5.74) is 3.69. The molecule has 0 N–H and O–H groups in total. The Morgan fingerprint density at radius 1 is 1.09 bits per heavy atom. The van der Waals surface area contributed by atoms with Gasteiger partial charge in [0.25, 0.3) is 0 Å². The third-order valence-corrected chi connectivity index (χ3v) is 5.45. The smallest absolute Gasteiger partial charge is 0.0864 e. The second-order valence-corrected chi connectivity index (χ2v) is 6.96. The van der Waals surface area contributed by atoms with Crippen molar-refractivity contribution in [2.75, 3.05) is 18.0 Å². The molecule has 0 amide bonds. The lowest BCUT2D eigenvalue weighted by atomic mass is 9.93. The first-order valence-corrected chi connectivity index (χ1v) is 8.79. The van der Waals surface area contributed by atoms with Crippen LogP contribution in [-0.4, -0.2) is 27.9 Å². The number of hydrogen-bond acceptors (Lipinski definition) is 3. The van der Waals surface area contributed by atoms with Gasteiger partial charge in [0, 0.05) is 59.7 Å². The van der Waals surface area contributed by atoms with E-state index in [0.717, 1.165) is 35.9 Å². The monoisotopic (exact) mass is 370 g/mol. The van der Waals surface area contributed by atoms with Crippen molar-refractivity contribution in [3.8, 4) is 0 Å². The van der Waals surface area contributed by atoms with Crippen LogP contribution in [0.5, 0.6) is 0 Å². The van der Waals surface area contributed by atoms with Crippen molar-refractivity contribution in [1.82, 2.24) is 14.8 Å². The lowest BCUT2D eigenvalue weighted by Crippen LogP contribution is -2.33. The summed E-state index contributed by atoms with van der Waals surface area (Å²) in [6, 6.07) is 10.6. The van der Waals surface area contributed by atoms with Crippen molar-refractivity contribution in [3.05, 3.63) is 52.9 Å². The van der Waals surface area contributed by atoms with Crippen molar-refractivity contribution in [3.63, 3.8) is 0 Å². The Morgan fingerprint density at radius 2 is 1.91 bits per heavy atom. The fraction of sp³-hybridized carbons (Fsp3) is 0.333. The average molecular weight is 371 g/mol. The maximum absolute atomic E-state index is 4.52. The number of hydrogen-bond donors (Lipinski definition) is 0. The number of halogens is 1. The number of para-hydroxylation sites is 1. The Bertz CT molecular complexity index is 834. The number of pyridine rings is 1. The molecule has 118 valence electrons. The first kappa shape index (κ1) is 14.7. The van der Waals surface area contributed by atoms with E-state index < -0.39 is 0 Å². The maximum Gasteiger partial charge on any atom is 0.0864 e. The third kappa shape index (κ3) is 2.63. The molecule has 1 saturated heterocycles. The first-order chi connectivity index (χ1) is 11.2. The lowest BCUT2D eigenvalue weighted by molar-refractivity contribution is 0.478. The van der Waals surface area contributed by atoms with Crippen LogP contribution in [0.1, 0.15) is 24.5 Å². The number of anilines is 1. The molecule has 5 heteroatoms. The minimum Gasteiger partial charge on any atom is -0.371 e. The van der Waals surface area contributed by atoms with Crippen LogP contribution in [0.3, 0.4) is 0 Å². The summed E-state index contributed by atoms with van der Waals surface area (Å²) in [6.45, 7) is 2.14. The van der Waals surface area contributed by atoms with Crippen molar-refractivity contribution in [1.29, 1.82) is 0 Å². The highest BCUT2D eigenvalue weighted by molar-refractivity contribution is 9.10. The summed E-state index contributed by atoms with van der Waals surface area (Å²) < 4.78 is 3.07. The topological polar surface area (TPSA) is 34.0 Å². The molecule has 0 spiro atoms. The van der Waals surface area contributed by atoms with Crippen molar-refractivity contribution in [2.45, 2.75) is 18.8 Å². The largest absolute Gasteiger partial charge is 0.371 e. The molecule has 4 nitrogen and oxygen atoms in total. The van der Waals surface area contributed by atoms with Crippen molar-refractivity contribution in [2.24, 2.45) is 7.05 Å². The second-order valence-electron chi connectivity index (χ2n) is 6.11. The Kier molecular flexibility index (Phi) is 3.81. The molecule has 0 bridgehead atoms. The predicted molar refractivity (Wildman–Crippen MR) is 96.8 cm³/mol. The van der Waals surface area contributed by atoms with Crippen LogP contribution >= 0.6 is 15.9 Å². The Morgan fingerprint density at radius 3 is 2.65 bits per heavy atom. The van der Waals surface area contributed by atoms with Gasteiger partial charge in [0.2, 0.25) is 0 Å². The molecule has 0 unspecified atom stereocenters. The van der Waals surface area contributed by atoms with E-state index in [0.29, 0.717) is 5.92 Å². The lowest BCUT2D eigenvalue weighted by Gasteiger charge is -2.34. The fourth-order valence-corrected chi connectivity index (χ4v) is 4.07. The molecule has 3 heterocycles. The highest BCUT2D eigenvalue weighted by atomic mass is 79.9. The van der Waals surface area contributed by atoms with Gasteiger partial charge in [-0.2, -0.15) is 5.10 Å². The van der Waals surface area contributed by atoms with Crippen molar-refractivity contribution >= 4 is 32.5 Å². The summed E-state index contributed by atoms with van der Waals surface area (Å²) in [4.78, 5) is 7.01. The van der Waals surface area contributed by atoms with Crippen LogP contribution in [0, 0.1) is 0 Å². The van der Waals surface area contributed by atoms with Gasteiger partial charge in [0.05, 0.1) is 5.52 Å². The Labute approximate surface area is 144 Å². The van der Waals surface area contributed by atoms with Gasteiger partial charge < -0.3 is 4.90 Å². The highest BCUT2D eigenvalue weighted by Crippen LogP contribution is 2.34. The van der Waals surface area contributed by atoms with E-state index in [1.54, 1.807) is 0 Å². The molecular weight excluding hydrogens is 352 g/mol. The maximum atomic E-state index is 4.52. The zero-order valence-corrected chi connectivity index (χ0v) is 14.7. The Balaban J connectivity index is 1.60. The quantitative estimate of drug-likeness (QED) is 0.680. The van der Waals surface area contributed by atoms with Gasteiger partial charge in [-0.25, -0.2) is 0 Å². The summed E-state index contributed by atoms with van der Waals surface area (Å²) in [5.74, 6) is 0.610. The van der Waals surface area contributed by atoms with E-state index in [9.17, 15) is 0 Å². The SMILES string of the molecule is Cn1nccc1C1CCN(c2ccnc3c(Br)cccc23)CC1. The molecule has 1 fully saturated rings. The molecule has 1 aromatic carbocycles. The number of benzene rings is 1. The van der Waals surface area contributed by atoms with Crippen molar-refractivity contribution < 1.29 is 0 Å². The van der Waals surface area contributed by atoms with E-state index in [-0.39, 0.29) is 0 Å². The van der Waals surface area contributed by atoms with E-state index in [4.69, 9.17) is 0 Å². The van der Waals surface area contributed by atoms with E-state index >= 15 is 0 Å². The number of aryl methyl sites for hydroxylation is 1. The minimum absolute atomic E-state index is 0.610. The molecular formula is C18H19BrN4. The summed E-state index contributed by atoms with van der Waals surface area (Å²) >= 11 is 3.61. The molecule has 0 atom stereocenters. The summed E-state index contributed by atoms with van der Waals surface area (Å²) in [7, 11) is 2.04. The average Bonchev–Trinajstić information content (AvgIpc) is 3.01. The summed E-state index contributed by atoms with van der Waals surface area (Å²) in [6.07, 6.45) is 6.14. The zero-order chi connectivity index (χ0) is 15.8. The highest BCUT2D eigenvalue weighted by Gasteiger charge is 2.23. The number of piperidine rings is 1. The molecule has 0 saturated carbocycles. The van der Waals surface area contributed by atoms with Crippen LogP contribution in [0.2, 0.25) is 0 Å². The predicted octanol–water partition coefficient (Wildman–Crippen LogP) is 4.11. The van der Waals surface area contributed by atoms with Gasteiger partial charge in [-0.3, -0.25) is 9.67 Å². The minimum atomic E-state index is 0.610. The third-order valence-electron chi connectivity index (χ3n) is 4.81. The Hall–Kier alpha value is -1.88. The molecule has 0 radical (unpaired) electrons. The molecule has 23 heavy (non-hydrogen) atoms. The van der Waals surface area contributed by atoms with Crippen LogP contribution in [0.4, 0.5) is 5.69 Å². The van der Waals surface area contributed by atoms with Gasteiger partial charge in [-0.05, 0) is 47.0 Å². The van der Waals surface area contributed by atoms with E-state index in [1.165, 1.54) is 16.8 Å². The van der Waals surface area contributed by atoms with Gasteiger partial charge in [-0.15, -0.1) is 0 Å². The number of nitrogens with zero attached hydrogens (tertiary/aromatic N) is 4. The van der Waals surface area contributed by atoms with Crippen LogP contribution < -0.4 is 4.90 Å². The van der Waals surface area contributed by atoms with Crippen LogP contribution in [0.15, 0.2) is 47.2 Å². The standard InChI is InChI=1S/C18H19BrN4/c1-22-16(6-10-21-22)13-7-11-23(12-8-13)17-5-9-20-18-14(17)3-2-4-15(18)19/h2-6,9-10,13H,7-8,11-12H2,1H3. The zero-order valence-electron chi connectivity index (χ0n) is 13.1. The number of fused-ring (bicyclic) bond motifs is 1. The number of rotatable bonds is 2. The molecule has 1 aliphatic rings. The molecule has 3 aromatic rings.